The molecule has 0 fully saturated rings. The fourth-order valence-electron chi connectivity index (χ4n) is 2.24. The van der Waals surface area contributed by atoms with Crippen molar-refractivity contribution in [1.29, 1.82) is 0 Å². The van der Waals surface area contributed by atoms with Gasteiger partial charge in [-0.2, -0.15) is 0 Å². The molecular formula is C16H19NO5. The normalized spacial score (nSPS) is 23.5. The highest BCUT2D eigenvalue weighted by Gasteiger charge is 2.53. The molecule has 0 saturated heterocycles. The average Bonchev–Trinajstić information content (AvgIpc) is 2.95. The van der Waals surface area contributed by atoms with Crippen molar-refractivity contribution < 1.29 is 23.7 Å². The quantitative estimate of drug-likeness (QED) is 0.331. The number of nitrogens with zero attached hydrogens (tertiary/aromatic N) is 1. The monoisotopic (exact) mass is 305 g/mol. The number of ether oxygens (including phenoxy) is 4. The summed E-state index contributed by atoms with van der Waals surface area (Å²) in [6.07, 6.45) is 0.846. The maximum absolute atomic E-state index is 12.3. The minimum atomic E-state index is -1.32. The van der Waals surface area contributed by atoms with E-state index < -0.39 is 17.6 Å². The van der Waals surface area contributed by atoms with Crippen LogP contribution in [-0.2, 0) is 23.7 Å². The van der Waals surface area contributed by atoms with E-state index in [2.05, 4.69) is 11.6 Å². The van der Waals surface area contributed by atoms with Crippen LogP contribution in [0.25, 0.3) is 0 Å². The lowest BCUT2D eigenvalue weighted by Crippen LogP contribution is -2.49. The summed E-state index contributed by atoms with van der Waals surface area (Å²) in [5, 5.41) is 0. The van der Waals surface area contributed by atoms with Gasteiger partial charge in [0, 0.05) is 12.7 Å². The highest BCUT2D eigenvalue weighted by atomic mass is 16.7. The summed E-state index contributed by atoms with van der Waals surface area (Å²) in [7, 11) is 2.80. The predicted octanol–water partition coefficient (Wildman–Crippen LogP) is 1.55. The SMILES string of the molecule is C=C[C@@H]1OC(c2ccccc2)=N[C@]1(COCOC)C(=O)OC. The van der Waals surface area contributed by atoms with Crippen LogP contribution in [0.15, 0.2) is 48.0 Å². The van der Waals surface area contributed by atoms with Gasteiger partial charge in [-0.1, -0.05) is 24.8 Å². The largest absolute Gasteiger partial charge is 0.467 e. The molecule has 1 aromatic rings. The number of methoxy groups -OCH3 is 2. The summed E-state index contributed by atoms with van der Waals surface area (Å²) in [5.74, 6) is -0.184. The Morgan fingerprint density at radius 3 is 2.73 bits per heavy atom. The van der Waals surface area contributed by atoms with Crippen LogP contribution in [0.1, 0.15) is 5.56 Å². The maximum atomic E-state index is 12.3. The zero-order valence-electron chi connectivity index (χ0n) is 12.7. The van der Waals surface area contributed by atoms with E-state index in [1.165, 1.54) is 20.3 Å². The molecule has 2 atom stereocenters. The first-order valence-electron chi connectivity index (χ1n) is 6.77. The first-order chi connectivity index (χ1) is 10.7. The highest BCUT2D eigenvalue weighted by molar-refractivity contribution is 5.99. The molecule has 6 nitrogen and oxygen atoms in total. The van der Waals surface area contributed by atoms with Gasteiger partial charge in [-0.15, -0.1) is 0 Å². The molecule has 0 N–H and O–H groups in total. The maximum Gasteiger partial charge on any atom is 0.340 e. The van der Waals surface area contributed by atoms with Crippen LogP contribution in [-0.4, -0.2) is 51.1 Å². The second kappa shape index (κ2) is 7.20. The number of carbonyl (C=O) groups excluding carboxylic acids is 1. The molecule has 1 aliphatic rings. The number of esters is 1. The van der Waals surface area contributed by atoms with Gasteiger partial charge in [0.25, 0.3) is 0 Å². The first-order valence-corrected chi connectivity index (χ1v) is 6.77. The Morgan fingerprint density at radius 2 is 2.14 bits per heavy atom. The molecule has 0 saturated carbocycles. The van der Waals surface area contributed by atoms with Gasteiger partial charge in [-0.25, -0.2) is 9.79 Å². The number of hydrogen-bond acceptors (Lipinski definition) is 6. The molecule has 0 bridgehead atoms. The van der Waals surface area contributed by atoms with E-state index in [1.807, 2.05) is 30.3 Å². The molecule has 0 aliphatic carbocycles. The molecular weight excluding hydrogens is 286 g/mol. The molecule has 6 heteroatoms. The summed E-state index contributed by atoms with van der Waals surface area (Å²) in [4.78, 5) is 16.8. The van der Waals surface area contributed by atoms with Crippen LogP contribution in [0.4, 0.5) is 0 Å². The number of rotatable bonds is 7. The van der Waals surface area contributed by atoms with Crippen molar-refractivity contribution >= 4 is 11.9 Å². The highest BCUT2D eigenvalue weighted by Crippen LogP contribution is 2.31. The summed E-state index contributed by atoms with van der Waals surface area (Å²) in [6, 6.07) is 9.32. The molecule has 0 spiro atoms. The second-order valence-corrected chi connectivity index (χ2v) is 4.73. The van der Waals surface area contributed by atoms with Gasteiger partial charge in [0.15, 0.2) is 6.10 Å². The fourth-order valence-corrected chi connectivity index (χ4v) is 2.24. The van der Waals surface area contributed by atoms with Gasteiger partial charge in [-0.05, 0) is 18.2 Å². The first kappa shape index (κ1) is 16.2. The molecule has 1 aromatic carbocycles. The van der Waals surface area contributed by atoms with Crippen LogP contribution in [0.2, 0.25) is 0 Å². The fraction of sp³-hybridized carbons (Fsp3) is 0.375. The minimum Gasteiger partial charge on any atom is -0.467 e. The Bertz CT molecular complexity index is 557. The van der Waals surface area contributed by atoms with Crippen LogP contribution >= 0.6 is 0 Å². The lowest BCUT2D eigenvalue weighted by Gasteiger charge is -2.26. The summed E-state index contributed by atoms with van der Waals surface area (Å²) in [5.41, 5.74) is -0.549. The topological polar surface area (TPSA) is 66.3 Å². The lowest BCUT2D eigenvalue weighted by atomic mass is 9.94. The van der Waals surface area contributed by atoms with E-state index in [0.717, 1.165) is 5.56 Å². The van der Waals surface area contributed by atoms with Gasteiger partial charge < -0.3 is 18.9 Å². The number of aliphatic imine (C=N–C) groups is 1. The van der Waals surface area contributed by atoms with Gasteiger partial charge >= 0.3 is 5.97 Å². The Kier molecular flexibility index (Phi) is 5.30. The van der Waals surface area contributed by atoms with E-state index in [0.29, 0.717) is 5.90 Å². The average molecular weight is 305 g/mol. The number of hydrogen-bond donors (Lipinski definition) is 0. The Hall–Kier alpha value is -2.18. The smallest absolute Gasteiger partial charge is 0.340 e. The Labute approximate surface area is 129 Å². The zero-order valence-corrected chi connectivity index (χ0v) is 12.7. The molecule has 0 radical (unpaired) electrons. The number of carbonyl (C=O) groups is 1. The van der Waals surface area contributed by atoms with Crippen molar-refractivity contribution in [3.05, 3.63) is 48.6 Å². The molecule has 1 heterocycles. The van der Waals surface area contributed by atoms with Gasteiger partial charge in [0.1, 0.15) is 6.79 Å². The third kappa shape index (κ3) is 3.03. The van der Waals surface area contributed by atoms with E-state index in [1.54, 1.807) is 0 Å². The Balaban J connectivity index is 2.37. The predicted molar refractivity (Wildman–Crippen MR) is 80.6 cm³/mol. The van der Waals surface area contributed by atoms with Crippen molar-refractivity contribution in [1.82, 2.24) is 0 Å². The van der Waals surface area contributed by atoms with Crippen LogP contribution in [0.3, 0.4) is 0 Å². The van der Waals surface area contributed by atoms with Crippen LogP contribution < -0.4 is 0 Å². The van der Waals surface area contributed by atoms with Crippen molar-refractivity contribution in [2.75, 3.05) is 27.6 Å². The molecule has 0 amide bonds. The van der Waals surface area contributed by atoms with E-state index in [4.69, 9.17) is 18.9 Å². The standard InChI is InChI=1S/C16H19NO5/c1-4-13-16(15(18)20-3,10-21-11-19-2)17-14(22-13)12-8-6-5-7-9-12/h4-9,13H,1,10-11H2,2-3H3/t13-,16-/m0/s1. The summed E-state index contributed by atoms with van der Waals surface area (Å²) in [6.45, 7) is 3.73. The zero-order chi connectivity index (χ0) is 16.0. The molecule has 1 aliphatic heterocycles. The van der Waals surface area contributed by atoms with Gasteiger partial charge in [0.2, 0.25) is 11.4 Å². The molecule has 0 unspecified atom stereocenters. The van der Waals surface area contributed by atoms with Gasteiger partial charge in [0.05, 0.1) is 13.7 Å². The van der Waals surface area contributed by atoms with E-state index in [-0.39, 0.29) is 13.4 Å². The van der Waals surface area contributed by atoms with Crippen LogP contribution in [0, 0.1) is 0 Å². The second-order valence-electron chi connectivity index (χ2n) is 4.73. The minimum absolute atomic E-state index is 0.0272. The van der Waals surface area contributed by atoms with Crippen LogP contribution in [0.5, 0.6) is 0 Å². The Morgan fingerprint density at radius 1 is 1.41 bits per heavy atom. The van der Waals surface area contributed by atoms with Crippen molar-refractivity contribution in [2.45, 2.75) is 11.6 Å². The summed E-state index contributed by atoms with van der Waals surface area (Å²) >= 11 is 0. The number of benzene rings is 1. The third-order valence-corrected chi connectivity index (χ3v) is 3.31. The van der Waals surface area contributed by atoms with E-state index in [9.17, 15) is 4.79 Å². The van der Waals surface area contributed by atoms with Crippen molar-refractivity contribution in [2.24, 2.45) is 4.99 Å². The third-order valence-electron chi connectivity index (χ3n) is 3.31. The van der Waals surface area contributed by atoms with Crippen molar-refractivity contribution in [3.8, 4) is 0 Å². The van der Waals surface area contributed by atoms with Gasteiger partial charge in [-0.3, -0.25) is 0 Å². The molecule has 118 valence electrons. The lowest BCUT2D eigenvalue weighted by molar-refractivity contribution is -0.154. The molecule has 22 heavy (non-hydrogen) atoms. The van der Waals surface area contributed by atoms with E-state index >= 15 is 0 Å². The molecule has 0 aromatic heterocycles. The molecule has 2 rings (SSSR count). The summed E-state index contributed by atoms with van der Waals surface area (Å²) < 4.78 is 20.9. The van der Waals surface area contributed by atoms with Crippen molar-refractivity contribution in [3.63, 3.8) is 0 Å².